The maximum Gasteiger partial charge on any atom is 0.336 e. The Morgan fingerprint density at radius 2 is 1.00 bits per heavy atom. The Balaban J connectivity index is -0.0000000693. The number of carbonyl (C=O) groups is 2. The van der Waals surface area contributed by atoms with Crippen LogP contribution in [0.4, 0.5) is 0 Å². The van der Waals surface area contributed by atoms with Gasteiger partial charge in [0, 0.05) is 42.3 Å². The molecule has 0 aromatic carbocycles. The first kappa shape index (κ1) is 42.3. The summed E-state index contributed by atoms with van der Waals surface area (Å²) in [6.45, 7) is 0. The molecule has 2 rings (SSSR count). The van der Waals surface area contributed by atoms with E-state index in [0.717, 1.165) is 5.34 Å². The minimum Gasteiger partial charge on any atom is -2.00 e. The van der Waals surface area contributed by atoms with E-state index in [0.29, 0.717) is 0 Å². The zero-order chi connectivity index (χ0) is 23.2. The zero-order valence-corrected chi connectivity index (χ0v) is 19.9. The fourth-order valence-corrected chi connectivity index (χ4v) is 0.967. The van der Waals surface area contributed by atoms with Crippen LogP contribution >= 0.6 is 0 Å². The fraction of sp³-hybridized carbons (Fsp3) is 0. The van der Waals surface area contributed by atoms with Crippen molar-refractivity contribution in [2.75, 3.05) is 0 Å². The molecule has 2 aromatic heterocycles. The first-order chi connectivity index (χ1) is 13.5. The standard InChI is InChI=1S/2C6H5NO2.2CH5N3.HNO2.Np.2O/c2*8-6(9)5-3-1-2-4-7-5;2*2-1(3)4;2-1-3;;;/h2*1-4H,(H,8,9);2*(H5,2,3,4);(H,2,3);;;/q;;;;;;2*-2/p-1. The molecule has 32 heavy (non-hydrogen) atoms. The van der Waals surface area contributed by atoms with Gasteiger partial charge >= 0.3 is 11.9 Å². The van der Waals surface area contributed by atoms with Gasteiger partial charge in [-0.2, -0.15) is 0 Å². The molecule has 18 heteroatoms. The van der Waals surface area contributed by atoms with Gasteiger partial charge in [0.1, 0.15) is 0 Å². The third-order valence-electron chi connectivity index (χ3n) is 1.75. The number of nitrogens with zero attached hydrogens (tertiary/aromatic N) is 3. The number of hydrogen-bond donors (Lipinski definition) is 6. The van der Waals surface area contributed by atoms with Gasteiger partial charge in [0.15, 0.2) is 0 Å². The Morgan fingerprint density at radius 3 is 1.09 bits per heavy atom. The average molecular weight is 679 g/mol. The van der Waals surface area contributed by atoms with Crippen molar-refractivity contribution < 1.29 is 71.5 Å². The van der Waals surface area contributed by atoms with Gasteiger partial charge in [-0.3, -0.25) is 43.7 Å². The van der Waals surface area contributed by atoms with Crippen LogP contribution in [0.5, 0.6) is 0 Å². The molecule has 0 aliphatic carbocycles. The predicted molar refractivity (Wildman–Crippen MR) is 98.3 cm³/mol. The van der Waals surface area contributed by atoms with Gasteiger partial charge in [0.25, 0.3) is 0 Å². The quantitative estimate of drug-likeness (QED) is 0.0746. The van der Waals surface area contributed by atoms with Crippen LogP contribution in [0.1, 0.15) is 21.0 Å². The summed E-state index contributed by atoms with van der Waals surface area (Å²) in [6, 6.07) is 9.25. The number of guanidine groups is 2. The zero-order valence-electron chi connectivity index (χ0n) is 16.1. The molecular formula is C14H20N9NpO8-5. The Hall–Kier alpha value is -3.89. The number of nitrogens with two attached hydrogens (primary N) is 6. The van der Waals surface area contributed by atoms with E-state index in [1.807, 2.05) is 0 Å². The van der Waals surface area contributed by atoms with E-state index >= 15 is 0 Å². The van der Waals surface area contributed by atoms with E-state index in [1.54, 1.807) is 24.3 Å². The first-order valence-corrected chi connectivity index (χ1v) is 6.95. The van der Waals surface area contributed by atoms with Crippen LogP contribution in [0, 0.1) is 40.1 Å². The molecule has 0 atom stereocenters. The summed E-state index contributed by atoms with van der Waals surface area (Å²) in [5.41, 5.74) is 18.3. The molecule has 2 aromatic rings. The number of carboxylic acid groups (broad SMARTS) is 2. The Labute approximate surface area is 203 Å². The van der Waals surface area contributed by atoms with Crippen LogP contribution < -0.4 is 44.0 Å². The third-order valence-corrected chi connectivity index (χ3v) is 1.75. The summed E-state index contributed by atoms with van der Waals surface area (Å²) in [6.07, 6.45) is 2.82. The van der Waals surface area contributed by atoms with Crippen LogP contribution in [0.3, 0.4) is 0 Å². The van der Waals surface area contributed by atoms with Crippen LogP contribution in [0.15, 0.2) is 54.1 Å². The molecule has 0 bridgehead atoms. The second kappa shape index (κ2) is 29.3. The number of rotatable bonds is 2. The minimum absolute atomic E-state index is 0. The van der Waals surface area contributed by atoms with E-state index < -0.39 is 11.9 Å². The molecule has 2 heterocycles. The topological polar surface area (TPSA) is 371 Å². The Morgan fingerprint density at radius 1 is 0.781 bits per heavy atom. The van der Waals surface area contributed by atoms with Gasteiger partial charge in [0.05, 0.1) is 23.3 Å². The van der Waals surface area contributed by atoms with Crippen molar-refractivity contribution in [3.05, 3.63) is 70.3 Å². The molecule has 0 amide bonds. The number of hydrogen-bond acceptors (Lipinski definition) is 9. The maximum absolute atomic E-state index is 10.0. The van der Waals surface area contributed by atoms with Gasteiger partial charge in [-0.15, -0.1) is 5.34 Å². The molecule has 0 saturated heterocycles. The first-order valence-electron chi connectivity index (χ1n) is 6.95. The molecule has 12 N–H and O–H groups in total. The van der Waals surface area contributed by atoms with E-state index in [9.17, 15) is 19.8 Å². The molecule has 0 saturated carbocycles. The number of pyridine rings is 2. The SMILES string of the molecule is NC(N)=[NH2+].NC(N)=[NH2+].O=C([O-])c1ccccn1.O=C([O-])c1ccccn1.O=N[O-].[Np].[O-2].[O-2]. The summed E-state index contributed by atoms with van der Waals surface area (Å²) < 4.78 is 0. The van der Waals surface area contributed by atoms with Gasteiger partial charge in [-0.05, 0) is 24.3 Å². The van der Waals surface area contributed by atoms with Crippen molar-refractivity contribution in [1.82, 2.24) is 9.97 Å². The van der Waals surface area contributed by atoms with Crippen molar-refractivity contribution in [3.63, 3.8) is 0 Å². The fourth-order valence-electron chi connectivity index (χ4n) is 0.967. The van der Waals surface area contributed by atoms with E-state index in [1.165, 1.54) is 24.5 Å². The Kier molecular flexibility index (Phi) is 38.7. The monoisotopic (exact) mass is 678 g/mol. The molecule has 0 spiro atoms. The van der Waals surface area contributed by atoms with Crippen LogP contribution in [-0.2, 0) is 11.0 Å². The molecule has 0 unspecified atom stereocenters. The average Bonchev–Trinajstić information content (AvgIpc) is 2.63. The number of carbonyl (C=O) groups excluding carboxylic acids is 2. The number of carboxylic acids is 2. The van der Waals surface area contributed by atoms with E-state index in [-0.39, 0.29) is 64.2 Å². The summed E-state index contributed by atoms with van der Waals surface area (Å²) in [4.78, 5) is 35.1. The van der Waals surface area contributed by atoms with Gasteiger partial charge in [-0.25, -0.2) is 0 Å². The van der Waals surface area contributed by atoms with Gasteiger partial charge in [-0.1, -0.05) is 12.1 Å². The minimum atomic E-state index is -1.24. The van der Waals surface area contributed by atoms with Crippen molar-refractivity contribution in [2.45, 2.75) is 0 Å². The van der Waals surface area contributed by atoms with Crippen molar-refractivity contribution >= 4 is 23.9 Å². The summed E-state index contributed by atoms with van der Waals surface area (Å²) in [5.74, 6) is -2.65. The van der Waals surface area contributed by atoms with Crippen molar-refractivity contribution in [3.8, 4) is 0 Å². The molecule has 0 aliphatic heterocycles. The smallest absolute Gasteiger partial charge is 0.336 e. The second-order valence-corrected chi connectivity index (χ2v) is 4.08. The van der Waals surface area contributed by atoms with Crippen LogP contribution in [0.25, 0.3) is 0 Å². The van der Waals surface area contributed by atoms with Crippen LogP contribution in [-0.4, -0.2) is 33.8 Å². The van der Waals surface area contributed by atoms with Gasteiger partial charge < -0.3 is 40.9 Å². The summed E-state index contributed by atoms with van der Waals surface area (Å²) in [7, 11) is 0. The van der Waals surface area contributed by atoms with Gasteiger partial charge in [0.2, 0.25) is 0 Å². The molecule has 179 valence electrons. The molecule has 1 radical (unpaired) electrons. The predicted octanol–water partition coefficient (Wildman–Crippen LogP) is -7.06. The Bertz CT molecular complexity index is 685. The molecule has 0 aliphatic rings. The number of aromatic carboxylic acids is 2. The number of aromatic nitrogens is 2. The van der Waals surface area contributed by atoms with E-state index in [4.69, 9.17) is 10.1 Å². The van der Waals surface area contributed by atoms with Crippen molar-refractivity contribution in [2.24, 2.45) is 28.3 Å². The summed E-state index contributed by atoms with van der Waals surface area (Å²) in [5, 5.41) is 38.2. The van der Waals surface area contributed by atoms with Crippen molar-refractivity contribution in [1.29, 1.82) is 0 Å². The normalized spacial score (nSPS) is 6.88. The molecule has 0 fully saturated rings. The molecule has 17 nitrogen and oxygen atoms in total. The maximum atomic E-state index is 10.0. The molecular weight excluding hydrogens is 659 g/mol. The second-order valence-electron chi connectivity index (χ2n) is 4.08. The summed E-state index contributed by atoms with van der Waals surface area (Å²) >= 11 is 0. The van der Waals surface area contributed by atoms with E-state index in [2.05, 4.69) is 43.7 Å². The third kappa shape index (κ3) is 40.7. The van der Waals surface area contributed by atoms with Crippen LogP contribution in [0.2, 0.25) is 0 Å². The largest absolute Gasteiger partial charge is 2.00 e.